The molecule has 3 rings (SSSR count). The van der Waals surface area contributed by atoms with Crippen LogP contribution < -0.4 is 5.43 Å². The molecule has 0 radical (unpaired) electrons. The first-order valence-electron chi connectivity index (χ1n) is 8.20. The summed E-state index contributed by atoms with van der Waals surface area (Å²) in [6.45, 7) is 10.4. The van der Waals surface area contributed by atoms with Crippen LogP contribution in [-0.4, -0.2) is 10.7 Å². The van der Waals surface area contributed by atoms with Crippen LogP contribution in [0.3, 0.4) is 0 Å². The van der Waals surface area contributed by atoms with Gasteiger partial charge < -0.3 is 0 Å². The highest BCUT2D eigenvalue weighted by Crippen LogP contribution is 2.24. The Bertz CT molecular complexity index is 922. The van der Waals surface area contributed by atoms with E-state index in [0.29, 0.717) is 0 Å². The highest BCUT2D eigenvalue weighted by atomic mass is 15.3. The maximum absolute atomic E-state index is 4.74. The van der Waals surface area contributed by atoms with Gasteiger partial charge in [0.1, 0.15) is 5.82 Å². The van der Waals surface area contributed by atoms with E-state index in [1.807, 2.05) is 13.0 Å². The number of nitrogens with one attached hydrogen (secondary N) is 1. The van der Waals surface area contributed by atoms with Gasteiger partial charge in [0.15, 0.2) is 0 Å². The molecule has 0 aliphatic carbocycles. The van der Waals surface area contributed by atoms with Crippen molar-refractivity contribution >= 4 is 22.4 Å². The molecule has 0 atom stereocenters. The Morgan fingerprint density at radius 3 is 2.29 bits per heavy atom. The molecule has 3 nitrogen and oxygen atoms in total. The van der Waals surface area contributed by atoms with Gasteiger partial charge in [0.2, 0.25) is 0 Å². The standard InChI is InChI=1S/C21H23N3/c1-13-6-8-18(9-7-13)17(5)23-24-20-12-15(3)19-11-14(2)10-16(4)21(19)22-20/h6-12H,1-5H3,(H,22,24). The van der Waals surface area contributed by atoms with E-state index in [1.165, 1.54) is 27.6 Å². The van der Waals surface area contributed by atoms with Gasteiger partial charge in [-0.1, -0.05) is 41.5 Å². The number of fused-ring (bicyclic) bond motifs is 1. The Labute approximate surface area is 143 Å². The fourth-order valence-corrected chi connectivity index (χ4v) is 2.90. The predicted octanol–water partition coefficient (Wildman–Crippen LogP) is 5.30. The van der Waals surface area contributed by atoms with Gasteiger partial charge in [-0.25, -0.2) is 4.98 Å². The van der Waals surface area contributed by atoms with Gasteiger partial charge in [0.05, 0.1) is 11.2 Å². The maximum Gasteiger partial charge on any atom is 0.147 e. The van der Waals surface area contributed by atoms with E-state index in [0.717, 1.165) is 22.6 Å². The number of anilines is 1. The van der Waals surface area contributed by atoms with Crippen LogP contribution in [0.25, 0.3) is 10.9 Å². The van der Waals surface area contributed by atoms with Gasteiger partial charge in [-0.3, -0.25) is 5.43 Å². The number of pyridine rings is 1. The third-order valence-electron chi connectivity index (χ3n) is 4.26. The molecule has 0 amide bonds. The fourth-order valence-electron chi connectivity index (χ4n) is 2.90. The summed E-state index contributed by atoms with van der Waals surface area (Å²) in [6, 6.07) is 14.8. The second kappa shape index (κ2) is 6.44. The zero-order valence-corrected chi connectivity index (χ0v) is 14.9. The van der Waals surface area contributed by atoms with E-state index in [4.69, 9.17) is 4.98 Å². The van der Waals surface area contributed by atoms with Crippen LogP contribution in [0.4, 0.5) is 5.82 Å². The molecule has 0 bridgehead atoms. The molecule has 1 N–H and O–H groups in total. The highest BCUT2D eigenvalue weighted by Gasteiger charge is 2.06. The molecule has 3 aromatic rings. The third kappa shape index (κ3) is 3.30. The average molecular weight is 317 g/mol. The van der Waals surface area contributed by atoms with Crippen LogP contribution >= 0.6 is 0 Å². The molecule has 3 heteroatoms. The Kier molecular flexibility index (Phi) is 4.34. The van der Waals surface area contributed by atoms with Crippen molar-refractivity contribution in [2.24, 2.45) is 5.10 Å². The number of rotatable bonds is 3. The third-order valence-corrected chi connectivity index (χ3v) is 4.26. The van der Waals surface area contributed by atoms with Crippen LogP contribution in [0.1, 0.15) is 34.7 Å². The number of hydrazone groups is 1. The molecule has 0 saturated carbocycles. The van der Waals surface area contributed by atoms with Crippen LogP contribution in [0, 0.1) is 27.7 Å². The molecule has 0 saturated heterocycles. The average Bonchev–Trinajstić information content (AvgIpc) is 2.54. The summed E-state index contributed by atoms with van der Waals surface area (Å²) in [7, 11) is 0. The highest BCUT2D eigenvalue weighted by molar-refractivity contribution is 5.99. The van der Waals surface area contributed by atoms with Gasteiger partial charge in [-0.05, 0) is 63.4 Å². The zero-order chi connectivity index (χ0) is 17.3. The summed E-state index contributed by atoms with van der Waals surface area (Å²) in [4.78, 5) is 4.74. The SMILES string of the molecule is CC(=NNc1cc(C)c2cc(C)cc(C)c2n1)c1ccc(C)cc1. The quantitative estimate of drug-likeness (QED) is 0.525. The van der Waals surface area contributed by atoms with Gasteiger partial charge in [-0.2, -0.15) is 5.10 Å². The lowest BCUT2D eigenvalue weighted by Crippen LogP contribution is -2.02. The molecule has 1 aromatic heterocycles. The summed E-state index contributed by atoms with van der Waals surface area (Å²) in [5, 5.41) is 5.70. The van der Waals surface area contributed by atoms with Gasteiger partial charge in [0, 0.05) is 5.39 Å². The largest absolute Gasteiger partial charge is 0.261 e. The van der Waals surface area contributed by atoms with Crippen molar-refractivity contribution in [1.82, 2.24) is 4.98 Å². The fraction of sp³-hybridized carbons (Fsp3) is 0.238. The topological polar surface area (TPSA) is 37.3 Å². The van der Waals surface area contributed by atoms with Gasteiger partial charge in [0.25, 0.3) is 0 Å². The minimum Gasteiger partial charge on any atom is -0.261 e. The van der Waals surface area contributed by atoms with E-state index >= 15 is 0 Å². The minimum absolute atomic E-state index is 0.776. The molecule has 0 fully saturated rings. The summed E-state index contributed by atoms with van der Waals surface area (Å²) in [5.74, 6) is 0.776. The maximum atomic E-state index is 4.74. The number of aryl methyl sites for hydroxylation is 4. The van der Waals surface area contributed by atoms with E-state index in [2.05, 4.69) is 74.6 Å². The van der Waals surface area contributed by atoms with Crippen molar-refractivity contribution in [2.45, 2.75) is 34.6 Å². The second-order valence-corrected chi connectivity index (χ2v) is 6.48. The van der Waals surface area contributed by atoms with Crippen molar-refractivity contribution in [3.05, 3.63) is 70.3 Å². The van der Waals surface area contributed by atoms with Gasteiger partial charge in [-0.15, -0.1) is 0 Å². The first-order chi connectivity index (χ1) is 11.4. The van der Waals surface area contributed by atoms with Crippen LogP contribution in [0.5, 0.6) is 0 Å². The molecule has 2 aromatic carbocycles. The number of benzene rings is 2. The molecule has 0 aliphatic heterocycles. The Morgan fingerprint density at radius 1 is 0.875 bits per heavy atom. The Balaban J connectivity index is 1.93. The first kappa shape index (κ1) is 16.2. The Morgan fingerprint density at radius 2 is 1.58 bits per heavy atom. The van der Waals surface area contributed by atoms with E-state index in [1.54, 1.807) is 0 Å². The second-order valence-electron chi connectivity index (χ2n) is 6.48. The lowest BCUT2D eigenvalue weighted by atomic mass is 10.0. The number of hydrogen-bond donors (Lipinski definition) is 1. The summed E-state index contributed by atoms with van der Waals surface area (Å²) >= 11 is 0. The van der Waals surface area contributed by atoms with Crippen molar-refractivity contribution in [3.8, 4) is 0 Å². The van der Waals surface area contributed by atoms with Crippen molar-refractivity contribution in [3.63, 3.8) is 0 Å². The number of nitrogens with zero attached hydrogens (tertiary/aromatic N) is 2. The Hall–Kier alpha value is -2.68. The summed E-state index contributed by atoms with van der Waals surface area (Å²) < 4.78 is 0. The first-order valence-corrected chi connectivity index (χ1v) is 8.20. The number of aromatic nitrogens is 1. The van der Waals surface area contributed by atoms with E-state index < -0.39 is 0 Å². The lowest BCUT2D eigenvalue weighted by Gasteiger charge is -2.10. The molecule has 24 heavy (non-hydrogen) atoms. The molecular formula is C21H23N3. The molecule has 0 unspecified atom stereocenters. The molecular weight excluding hydrogens is 294 g/mol. The number of hydrogen-bond acceptors (Lipinski definition) is 3. The van der Waals surface area contributed by atoms with E-state index in [9.17, 15) is 0 Å². The minimum atomic E-state index is 0.776. The van der Waals surface area contributed by atoms with Crippen LogP contribution in [-0.2, 0) is 0 Å². The van der Waals surface area contributed by atoms with Crippen LogP contribution in [0.15, 0.2) is 47.6 Å². The summed E-state index contributed by atoms with van der Waals surface area (Å²) in [6.07, 6.45) is 0. The zero-order valence-electron chi connectivity index (χ0n) is 14.9. The van der Waals surface area contributed by atoms with E-state index in [-0.39, 0.29) is 0 Å². The molecule has 0 aliphatic rings. The normalized spacial score (nSPS) is 11.8. The molecule has 122 valence electrons. The predicted molar refractivity (Wildman–Crippen MR) is 103 cm³/mol. The van der Waals surface area contributed by atoms with Crippen molar-refractivity contribution < 1.29 is 0 Å². The molecule has 0 spiro atoms. The summed E-state index contributed by atoms with van der Waals surface area (Å²) in [5.41, 5.74) is 11.1. The van der Waals surface area contributed by atoms with Crippen LogP contribution in [0.2, 0.25) is 0 Å². The monoisotopic (exact) mass is 317 g/mol. The lowest BCUT2D eigenvalue weighted by molar-refractivity contribution is 1.23. The smallest absolute Gasteiger partial charge is 0.147 e. The van der Waals surface area contributed by atoms with Crippen molar-refractivity contribution in [2.75, 3.05) is 5.43 Å². The molecule has 1 heterocycles. The van der Waals surface area contributed by atoms with Crippen molar-refractivity contribution in [1.29, 1.82) is 0 Å². The van der Waals surface area contributed by atoms with Gasteiger partial charge >= 0.3 is 0 Å².